The van der Waals surface area contributed by atoms with E-state index >= 15 is 0 Å². The number of hydrogen-bond donors (Lipinski definition) is 2. The molecule has 0 atom stereocenters. The van der Waals surface area contributed by atoms with Gasteiger partial charge < -0.3 is 11.1 Å². The summed E-state index contributed by atoms with van der Waals surface area (Å²) in [5, 5.41) is 4.07. The summed E-state index contributed by atoms with van der Waals surface area (Å²) in [6.45, 7) is 0.146. The zero-order valence-electron chi connectivity index (χ0n) is 16.3. The van der Waals surface area contributed by atoms with Crippen LogP contribution in [0.25, 0.3) is 21.9 Å². The van der Waals surface area contributed by atoms with Gasteiger partial charge in [-0.3, -0.25) is 9.78 Å². The van der Waals surface area contributed by atoms with Gasteiger partial charge in [-0.15, -0.1) is 0 Å². The zero-order chi connectivity index (χ0) is 19.6. The first-order valence-corrected chi connectivity index (χ1v) is 7.76. The summed E-state index contributed by atoms with van der Waals surface area (Å²) < 4.78 is 23.2. The molecule has 1 amide bonds. The van der Waals surface area contributed by atoms with Crippen molar-refractivity contribution in [2.45, 2.75) is 20.2 Å². The Kier molecular flexibility index (Phi) is 3.46. The number of aromatic nitrogens is 2. The van der Waals surface area contributed by atoms with E-state index in [0.29, 0.717) is 28.4 Å². The molecule has 0 saturated heterocycles. The molecule has 5 heteroatoms. The fraction of sp³-hybridized carbons (Fsp3) is 0.211. The van der Waals surface area contributed by atoms with E-state index in [2.05, 4.69) is 15.3 Å². The average molecular weight is 323 g/mol. The minimum absolute atomic E-state index is 0.0147. The van der Waals surface area contributed by atoms with E-state index in [1.54, 1.807) is 36.5 Å². The Balaban J connectivity index is 2.18. The second-order valence-electron chi connectivity index (χ2n) is 5.44. The zero-order valence-corrected chi connectivity index (χ0v) is 13.3. The molecule has 2 heterocycles. The predicted octanol–water partition coefficient (Wildman–Crippen LogP) is 3.33. The lowest BCUT2D eigenvalue weighted by atomic mass is 9.97. The van der Waals surface area contributed by atoms with Crippen molar-refractivity contribution >= 4 is 22.4 Å². The number of nitrogens with zero attached hydrogens (tertiary/aromatic N) is 2. The Morgan fingerprint density at radius 2 is 2.04 bits per heavy atom. The summed E-state index contributed by atoms with van der Waals surface area (Å²) in [7, 11) is 0. The topological polar surface area (TPSA) is 80.9 Å². The molecule has 3 N–H and O–H groups in total. The number of pyridine rings is 2. The maximum absolute atomic E-state index is 12.3. The molecule has 0 radical (unpaired) electrons. The summed E-state index contributed by atoms with van der Waals surface area (Å²) in [6, 6.07) is 8.76. The minimum atomic E-state index is -2.35. The lowest BCUT2D eigenvalue weighted by Gasteiger charge is -2.12. The fourth-order valence-electron chi connectivity index (χ4n) is 2.63. The molecule has 0 saturated carbocycles. The van der Waals surface area contributed by atoms with Gasteiger partial charge in [0.25, 0.3) is 5.91 Å². The molecule has 1 aromatic carbocycles. The lowest BCUT2D eigenvalue weighted by Crippen LogP contribution is -2.26. The first-order chi connectivity index (χ1) is 12.8. The molecule has 0 bridgehead atoms. The minimum Gasteiger partial charge on any atom is -0.396 e. The van der Waals surface area contributed by atoms with E-state index < -0.39 is 6.85 Å². The van der Waals surface area contributed by atoms with Crippen LogP contribution in [-0.4, -0.2) is 22.4 Å². The Hall–Kier alpha value is -2.95. The molecule has 3 rings (SSSR count). The van der Waals surface area contributed by atoms with Crippen LogP contribution in [-0.2, 0) is 0 Å². The quantitative estimate of drug-likeness (QED) is 0.771. The molecule has 24 heavy (non-hydrogen) atoms. The number of anilines is 1. The smallest absolute Gasteiger partial charge is 0.272 e. The highest BCUT2D eigenvalue weighted by molar-refractivity contribution is 6.09. The molecule has 0 unspecified atom stereocenters. The summed E-state index contributed by atoms with van der Waals surface area (Å²) in [6.07, 6.45) is 3.82. The molecule has 122 valence electrons. The SMILES string of the molecule is [2H]C([2H])([2H])c1ncccc1-c1cccc2c(N)c(C(=O)NCCC)ncc12. The maximum Gasteiger partial charge on any atom is 0.272 e. The Labute approximate surface area is 145 Å². The molecule has 0 fully saturated rings. The van der Waals surface area contributed by atoms with Gasteiger partial charge in [0.05, 0.1) is 5.69 Å². The molecule has 2 aromatic heterocycles. The van der Waals surface area contributed by atoms with E-state index in [0.717, 1.165) is 6.42 Å². The standard InChI is InChI=1S/C19H20N4O/c1-3-9-22-19(24)18-17(20)15-7-4-6-14(16(15)11-23-18)13-8-5-10-21-12(13)2/h4-8,10-11H,3,9,20H2,1-2H3,(H,22,24)/i2D3. The van der Waals surface area contributed by atoms with Crippen molar-refractivity contribution in [3.8, 4) is 11.1 Å². The van der Waals surface area contributed by atoms with Crippen molar-refractivity contribution in [3.63, 3.8) is 0 Å². The van der Waals surface area contributed by atoms with Crippen molar-refractivity contribution < 1.29 is 8.91 Å². The first kappa shape index (κ1) is 12.5. The van der Waals surface area contributed by atoms with Gasteiger partial charge in [0.15, 0.2) is 5.69 Å². The summed E-state index contributed by atoms with van der Waals surface area (Å²) in [5.74, 6) is -0.328. The Bertz CT molecular complexity index is 1000. The normalized spacial score (nSPS) is 13.1. The molecule has 0 aliphatic rings. The monoisotopic (exact) mass is 323 g/mol. The van der Waals surface area contributed by atoms with Gasteiger partial charge in [0.1, 0.15) is 0 Å². The van der Waals surface area contributed by atoms with Crippen LogP contribution >= 0.6 is 0 Å². The number of benzene rings is 1. The van der Waals surface area contributed by atoms with Crippen LogP contribution < -0.4 is 11.1 Å². The number of rotatable bonds is 4. The van der Waals surface area contributed by atoms with Crippen LogP contribution in [0.1, 0.15) is 33.6 Å². The third-order valence-corrected chi connectivity index (χ3v) is 3.82. The second kappa shape index (κ2) is 6.66. The number of hydrogen-bond acceptors (Lipinski definition) is 4. The molecule has 3 aromatic rings. The third-order valence-electron chi connectivity index (χ3n) is 3.82. The van der Waals surface area contributed by atoms with Gasteiger partial charge in [-0.25, -0.2) is 4.98 Å². The third kappa shape index (κ3) is 2.80. The largest absolute Gasteiger partial charge is 0.396 e. The Morgan fingerprint density at radius 3 is 2.83 bits per heavy atom. The molecule has 0 spiro atoms. The van der Waals surface area contributed by atoms with E-state index in [1.165, 1.54) is 6.20 Å². The first-order valence-electron chi connectivity index (χ1n) is 9.26. The summed E-state index contributed by atoms with van der Waals surface area (Å²) in [5.41, 5.74) is 7.81. The van der Waals surface area contributed by atoms with Gasteiger partial charge in [0, 0.05) is 45.1 Å². The molecule has 5 nitrogen and oxygen atoms in total. The lowest BCUT2D eigenvalue weighted by molar-refractivity contribution is 0.0950. The van der Waals surface area contributed by atoms with E-state index in [-0.39, 0.29) is 23.0 Å². The Morgan fingerprint density at radius 1 is 1.21 bits per heavy atom. The fourth-order valence-corrected chi connectivity index (χ4v) is 2.63. The van der Waals surface area contributed by atoms with Gasteiger partial charge in [-0.2, -0.15) is 0 Å². The van der Waals surface area contributed by atoms with Gasteiger partial charge in [-0.05, 0) is 24.9 Å². The van der Waals surface area contributed by atoms with Crippen LogP contribution in [0, 0.1) is 6.85 Å². The average Bonchev–Trinajstić information content (AvgIpc) is 2.65. The van der Waals surface area contributed by atoms with E-state index in [9.17, 15) is 4.79 Å². The van der Waals surface area contributed by atoms with Crippen LogP contribution in [0.15, 0.2) is 42.7 Å². The number of amides is 1. The van der Waals surface area contributed by atoms with Crippen molar-refractivity contribution in [1.82, 2.24) is 15.3 Å². The number of carbonyl (C=O) groups excluding carboxylic acids is 1. The predicted molar refractivity (Wildman–Crippen MR) is 96.7 cm³/mol. The molecule has 0 aliphatic heterocycles. The maximum atomic E-state index is 12.3. The van der Waals surface area contributed by atoms with Gasteiger partial charge in [0.2, 0.25) is 0 Å². The molecular formula is C19H20N4O. The number of aryl methyl sites for hydroxylation is 1. The number of nitrogen functional groups attached to an aromatic ring is 1. The second-order valence-corrected chi connectivity index (χ2v) is 5.44. The van der Waals surface area contributed by atoms with Crippen molar-refractivity contribution in [2.24, 2.45) is 0 Å². The van der Waals surface area contributed by atoms with Crippen molar-refractivity contribution in [3.05, 3.63) is 54.1 Å². The number of nitrogens with two attached hydrogens (primary N) is 1. The highest BCUT2D eigenvalue weighted by Crippen LogP contribution is 2.33. The van der Waals surface area contributed by atoms with Crippen LogP contribution in [0.2, 0.25) is 0 Å². The number of fused-ring (bicyclic) bond motifs is 1. The van der Waals surface area contributed by atoms with E-state index in [4.69, 9.17) is 9.85 Å². The summed E-state index contributed by atoms with van der Waals surface area (Å²) in [4.78, 5) is 20.6. The molecule has 0 aliphatic carbocycles. The highest BCUT2D eigenvalue weighted by Gasteiger charge is 2.16. The number of carbonyl (C=O) groups is 1. The van der Waals surface area contributed by atoms with Crippen LogP contribution in [0.5, 0.6) is 0 Å². The van der Waals surface area contributed by atoms with E-state index in [1.807, 2.05) is 6.92 Å². The van der Waals surface area contributed by atoms with Crippen LogP contribution in [0.3, 0.4) is 0 Å². The van der Waals surface area contributed by atoms with Crippen molar-refractivity contribution in [2.75, 3.05) is 12.3 Å². The highest BCUT2D eigenvalue weighted by atomic mass is 16.1. The van der Waals surface area contributed by atoms with Crippen molar-refractivity contribution in [1.29, 1.82) is 0 Å². The van der Waals surface area contributed by atoms with Crippen LogP contribution in [0.4, 0.5) is 5.69 Å². The molecular weight excluding hydrogens is 300 g/mol. The van der Waals surface area contributed by atoms with Gasteiger partial charge >= 0.3 is 0 Å². The van der Waals surface area contributed by atoms with Gasteiger partial charge in [-0.1, -0.05) is 31.2 Å². The summed E-state index contributed by atoms with van der Waals surface area (Å²) >= 11 is 0. The number of nitrogens with one attached hydrogen (secondary N) is 1.